The minimum atomic E-state index is -0.760. The lowest BCUT2D eigenvalue weighted by atomic mass is 10.0. The summed E-state index contributed by atoms with van der Waals surface area (Å²) in [4.78, 5) is 26.1. The van der Waals surface area contributed by atoms with Crippen molar-refractivity contribution < 1.29 is 19.1 Å². The number of hydrogen-bond acceptors (Lipinski definition) is 3. The highest BCUT2D eigenvalue weighted by Gasteiger charge is 2.23. The van der Waals surface area contributed by atoms with Crippen LogP contribution >= 0.6 is 0 Å². The first-order chi connectivity index (χ1) is 10.0. The van der Waals surface area contributed by atoms with Crippen LogP contribution in [0.15, 0.2) is 30.3 Å². The summed E-state index contributed by atoms with van der Waals surface area (Å²) < 4.78 is 5.06. The molecule has 0 heterocycles. The second-order valence-corrected chi connectivity index (χ2v) is 5.04. The van der Waals surface area contributed by atoms with Gasteiger partial charge in [-0.25, -0.2) is 4.79 Å². The molecule has 21 heavy (non-hydrogen) atoms. The molecule has 0 saturated heterocycles. The van der Waals surface area contributed by atoms with Gasteiger partial charge in [0.1, 0.15) is 12.6 Å². The van der Waals surface area contributed by atoms with Crippen molar-refractivity contribution in [3.63, 3.8) is 0 Å². The van der Waals surface area contributed by atoms with Gasteiger partial charge in [-0.05, 0) is 17.9 Å². The lowest BCUT2D eigenvalue weighted by molar-refractivity contribution is -0.118. The second-order valence-electron chi connectivity index (χ2n) is 5.04. The number of alkyl carbamates (subject to hydrolysis) is 1. The van der Waals surface area contributed by atoms with E-state index in [1.165, 1.54) is 0 Å². The van der Waals surface area contributed by atoms with Gasteiger partial charge in [-0.3, -0.25) is 4.79 Å². The van der Waals surface area contributed by atoms with Crippen molar-refractivity contribution in [2.24, 2.45) is 5.92 Å². The third-order valence-electron chi connectivity index (χ3n) is 2.74. The Hall–Kier alpha value is -2.46. The Morgan fingerprint density at radius 3 is 2.57 bits per heavy atom. The standard InChI is InChI=1S/C15H19N3O3/c1-11(2)8-13(14(19)9-17-16)18-15(20)21-10-12-6-4-3-5-7-12/h3-7,9,11,13H,8,10H2,1-2H3,(H,18,20)/t13-/m0/s1. The molecule has 1 aromatic carbocycles. The molecular formula is C15H19N3O3. The normalized spacial score (nSPS) is 11.4. The Morgan fingerprint density at radius 1 is 1.33 bits per heavy atom. The maximum absolute atomic E-state index is 11.7. The first kappa shape index (κ1) is 16.6. The summed E-state index contributed by atoms with van der Waals surface area (Å²) in [6, 6.07) is 8.47. The minimum absolute atomic E-state index is 0.128. The predicted molar refractivity (Wildman–Crippen MR) is 77.7 cm³/mol. The number of nitrogens with one attached hydrogen (secondary N) is 1. The summed E-state index contributed by atoms with van der Waals surface area (Å²) in [5.41, 5.74) is 9.27. The first-order valence-electron chi connectivity index (χ1n) is 6.71. The Balaban J connectivity index is 2.55. The van der Waals surface area contributed by atoms with Crippen molar-refractivity contribution in [1.82, 2.24) is 5.32 Å². The number of Topliss-reactive ketones (excluding diaryl/α,β-unsaturated/α-hetero) is 1. The van der Waals surface area contributed by atoms with Crippen LogP contribution in [0, 0.1) is 5.92 Å². The van der Waals surface area contributed by atoms with Crippen LogP contribution in [0.3, 0.4) is 0 Å². The molecule has 0 saturated carbocycles. The molecule has 1 aromatic rings. The van der Waals surface area contributed by atoms with Crippen LogP contribution in [0.5, 0.6) is 0 Å². The van der Waals surface area contributed by atoms with Crippen molar-refractivity contribution in [2.45, 2.75) is 32.9 Å². The highest BCUT2D eigenvalue weighted by molar-refractivity contribution is 6.28. The SMILES string of the molecule is CC(C)C[C@H](NC(=O)OCc1ccccc1)C(=O)C=[N+]=[N-]. The molecule has 0 aliphatic rings. The van der Waals surface area contributed by atoms with Gasteiger partial charge in [0.2, 0.25) is 0 Å². The van der Waals surface area contributed by atoms with E-state index in [4.69, 9.17) is 10.3 Å². The van der Waals surface area contributed by atoms with E-state index in [0.29, 0.717) is 6.42 Å². The number of carbonyl (C=O) groups is 2. The van der Waals surface area contributed by atoms with Crippen LogP contribution in [-0.2, 0) is 16.1 Å². The zero-order valence-corrected chi connectivity index (χ0v) is 12.2. The van der Waals surface area contributed by atoms with Crippen LogP contribution in [0.2, 0.25) is 0 Å². The molecule has 1 atom stereocenters. The van der Waals surface area contributed by atoms with Crippen molar-refractivity contribution in [3.05, 3.63) is 41.4 Å². The number of nitrogens with zero attached hydrogens (tertiary/aromatic N) is 2. The zero-order chi connectivity index (χ0) is 15.7. The van der Waals surface area contributed by atoms with Crippen LogP contribution < -0.4 is 5.32 Å². The molecule has 6 heteroatoms. The molecule has 0 aliphatic heterocycles. The number of hydrogen-bond donors (Lipinski definition) is 1. The molecule has 6 nitrogen and oxygen atoms in total. The molecule has 0 aliphatic carbocycles. The fourth-order valence-electron chi connectivity index (χ4n) is 1.77. The Morgan fingerprint density at radius 2 is 2.00 bits per heavy atom. The number of ketones is 1. The monoisotopic (exact) mass is 289 g/mol. The Kier molecular flexibility index (Phi) is 6.84. The quantitative estimate of drug-likeness (QED) is 0.474. The lowest BCUT2D eigenvalue weighted by Crippen LogP contribution is -2.42. The molecule has 0 fully saturated rings. The summed E-state index contributed by atoms with van der Waals surface area (Å²) in [6.45, 7) is 3.98. The molecule has 1 rings (SSSR count). The van der Waals surface area contributed by atoms with Crippen molar-refractivity contribution in [1.29, 1.82) is 0 Å². The number of ether oxygens (including phenoxy) is 1. The minimum Gasteiger partial charge on any atom is -0.445 e. The third kappa shape index (κ3) is 6.49. The molecule has 112 valence electrons. The van der Waals surface area contributed by atoms with Gasteiger partial charge in [0.05, 0.1) is 0 Å². The van der Waals surface area contributed by atoms with Crippen LogP contribution in [0.1, 0.15) is 25.8 Å². The highest BCUT2D eigenvalue weighted by Crippen LogP contribution is 2.06. The van der Waals surface area contributed by atoms with Gasteiger partial charge < -0.3 is 15.6 Å². The topological polar surface area (TPSA) is 91.8 Å². The van der Waals surface area contributed by atoms with Crippen molar-refractivity contribution in [2.75, 3.05) is 0 Å². The van der Waals surface area contributed by atoms with E-state index in [-0.39, 0.29) is 12.5 Å². The Bertz CT molecular complexity index is 522. The second kappa shape index (κ2) is 8.66. The van der Waals surface area contributed by atoms with Gasteiger partial charge in [0.15, 0.2) is 0 Å². The maximum atomic E-state index is 11.7. The fourth-order valence-corrected chi connectivity index (χ4v) is 1.77. The van der Waals surface area contributed by atoms with E-state index in [9.17, 15) is 9.59 Å². The molecule has 0 aromatic heterocycles. The third-order valence-corrected chi connectivity index (χ3v) is 2.74. The molecule has 0 bridgehead atoms. The first-order valence-corrected chi connectivity index (χ1v) is 6.71. The maximum Gasteiger partial charge on any atom is 0.408 e. The average Bonchev–Trinajstić information content (AvgIpc) is 2.45. The van der Waals surface area contributed by atoms with E-state index in [2.05, 4.69) is 10.1 Å². The molecule has 0 unspecified atom stereocenters. The van der Waals surface area contributed by atoms with E-state index in [1.807, 2.05) is 44.2 Å². The van der Waals surface area contributed by atoms with Gasteiger partial charge in [-0.1, -0.05) is 44.2 Å². The van der Waals surface area contributed by atoms with Gasteiger partial charge in [0.25, 0.3) is 5.78 Å². The summed E-state index contributed by atoms with van der Waals surface area (Å²) in [7, 11) is 0. The van der Waals surface area contributed by atoms with E-state index in [0.717, 1.165) is 11.8 Å². The van der Waals surface area contributed by atoms with E-state index < -0.39 is 17.9 Å². The highest BCUT2D eigenvalue weighted by atomic mass is 16.5. The molecular weight excluding hydrogens is 270 g/mol. The average molecular weight is 289 g/mol. The number of rotatable bonds is 7. The summed E-state index contributed by atoms with van der Waals surface area (Å²) in [5.74, 6) is -0.275. The van der Waals surface area contributed by atoms with Gasteiger partial charge in [-0.2, -0.15) is 4.79 Å². The van der Waals surface area contributed by atoms with Gasteiger partial charge >= 0.3 is 12.3 Å². The molecule has 1 N–H and O–H groups in total. The summed E-state index contributed by atoms with van der Waals surface area (Å²) in [5, 5.41) is 2.49. The summed E-state index contributed by atoms with van der Waals surface area (Å²) >= 11 is 0. The molecule has 0 spiro atoms. The largest absolute Gasteiger partial charge is 0.445 e. The number of amides is 1. The van der Waals surface area contributed by atoms with E-state index >= 15 is 0 Å². The fraction of sp³-hybridized carbons (Fsp3) is 0.400. The summed E-state index contributed by atoms with van der Waals surface area (Å²) in [6.07, 6.45) is 0.541. The van der Waals surface area contributed by atoms with Crippen LogP contribution in [0.25, 0.3) is 5.53 Å². The number of benzene rings is 1. The van der Waals surface area contributed by atoms with Crippen molar-refractivity contribution in [3.8, 4) is 0 Å². The molecule has 0 radical (unpaired) electrons. The Labute approximate surface area is 123 Å². The van der Waals surface area contributed by atoms with Crippen LogP contribution in [0.4, 0.5) is 4.79 Å². The smallest absolute Gasteiger partial charge is 0.408 e. The van der Waals surface area contributed by atoms with E-state index in [1.54, 1.807) is 0 Å². The van der Waals surface area contributed by atoms with Gasteiger partial charge in [-0.15, -0.1) is 0 Å². The zero-order valence-electron chi connectivity index (χ0n) is 12.2. The predicted octanol–water partition coefficient (Wildman–Crippen LogP) is 2.20. The lowest BCUT2D eigenvalue weighted by Gasteiger charge is -2.16. The molecule has 1 amide bonds. The van der Waals surface area contributed by atoms with Crippen molar-refractivity contribution >= 4 is 18.1 Å². The van der Waals surface area contributed by atoms with Gasteiger partial charge in [0, 0.05) is 0 Å². The number of carbonyl (C=O) groups excluding carboxylic acids is 2. The van der Waals surface area contributed by atoms with Crippen LogP contribution in [-0.4, -0.2) is 28.9 Å².